The number of methoxy groups -OCH3 is 1. The van der Waals surface area contributed by atoms with Crippen molar-refractivity contribution in [3.8, 4) is 11.5 Å². The Bertz CT molecular complexity index is 1200. The number of ether oxygens (including phenoxy) is 3. The van der Waals surface area contributed by atoms with E-state index in [4.69, 9.17) is 19.2 Å². The summed E-state index contributed by atoms with van der Waals surface area (Å²) in [6.45, 7) is 6.98. The molecule has 1 aliphatic heterocycles. The number of allylic oxidation sites excluding steroid dienone is 1. The first kappa shape index (κ1) is 23.7. The van der Waals surface area contributed by atoms with Gasteiger partial charge in [0, 0.05) is 5.70 Å². The third-order valence-electron chi connectivity index (χ3n) is 5.97. The molecule has 0 radical (unpaired) electrons. The number of fused-ring (bicyclic) bond motifs is 3. The lowest BCUT2D eigenvalue weighted by Gasteiger charge is -2.31. The number of aromatic nitrogens is 2. The predicted octanol–water partition coefficient (Wildman–Crippen LogP) is 5.86. The number of hydrogen-bond acceptors (Lipinski definition) is 6. The van der Waals surface area contributed by atoms with E-state index in [9.17, 15) is 4.79 Å². The molecule has 7 nitrogen and oxygen atoms in total. The van der Waals surface area contributed by atoms with Gasteiger partial charge in [-0.25, -0.2) is 9.78 Å². The van der Waals surface area contributed by atoms with E-state index in [1.54, 1.807) is 7.11 Å². The molecule has 1 aromatic heterocycles. The van der Waals surface area contributed by atoms with Crippen LogP contribution in [0.25, 0.3) is 11.0 Å². The van der Waals surface area contributed by atoms with E-state index in [0.29, 0.717) is 42.7 Å². The zero-order chi connectivity index (χ0) is 24.1. The molecule has 0 amide bonds. The number of benzene rings is 2. The minimum atomic E-state index is -0.414. The van der Waals surface area contributed by atoms with E-state index in [0.717, 1.165) is 41.6 Å². The highest BCUT2D eigenvalue weighted by atomic mass is 16.5. The quantitative estimate of drug-likeness (QED) is 0.300. The third-order valence-corrected chi connectivity index (χ3v) is 5.97. The van der Waals surface area contributed by atoms with Crippen LogP contribution in [0, 0.1) is 0 Å². The lowest BCUT2D eigenvalue weighted by Crippen LogP contribution is -2.29. The number of imidazole rings is 1. The Morgan fingerprint density at radius 3 is 2.65 bits per heavy atom. The van der Waals surface area contributed by atoms with Gasteiger partial charge in [0.15, 0.2) is 11.5 Å². The van der Waals surface area contributed by atoms with Crippen LogP contribution in [-0.2, 0) is 9.53 Å². The second-order valence-electron chi connectivity index (χ2n) is 8.30. The smallest absolute Gasteiger partial charge is 0.338 e. The Balaban J connectivity index is 1.90. The van der Waals surface area contributed by atoms with Crippen molar-refractivity contribution in [1.29, 1.82) is 0 Å². The van der Waals surface area contributed by atoms with Crippen molar-refractivity contribution >= 4 is 23.0 Å². The van der Waals surface area contributed by atoms with Crippen molar-refractivity contribution in [2.45, 2.75) is 52.5 Å². The fourth-order valence-electron chi connectivity index (χ4n) is 4.40. The highest BCUT2D eigenvalue weighted by Crippen LogP contribution is 2.42. The first-order chi connectivity index (χ1) is 16.6. The Hall–Kier alpha value is -3.48. The average Bonchev–Trinajstić information content (AvgIpc) is 3.22. The van der Waals surface area contributed by atoms with Crippen molar-refractivity contribution in [3.63, 3.8) is 0 Å². The number of hydrogen-bond donors (Lipinski definition) is 1. The number of para-hydroxylation sites is 2. The van der Waals surface area contributed by atoms with Gasteiger partial charge < -0.3 is 19.5 Å². The minimum absolute atomic E-state index is 0.305. The van der Waals surface area contributed by atoms with Crippen molar-refractivity contribution < 1.29 is 19.0 Å². The van der Waals surface area contributed by atoms with Gasteiger partial charge in [0.2, 0.25) is 5.95 Å². The molecule has 0 spiro atoms. The number of anilines is 1. The van der Waals surface area contributed by atoms with E-state index >= 15 is 0 Å². The molecule has 1 atom stereocenters. The van der Waals surface area contributed by atoms with Crippen molar-refractivity contribution in [2.24, 2.45) is 0 Å². The fraction of sp³-hybridized carbons (Fsp3) is 0.407. The minimum Gasteiger partial charge on any atom is -0.493 e. The zero-order valence-electron chi connectivity index (χ0n) is 20.4. The average molecular weight is 464 g/mol. The number of nitrogens with one attached hydrogen (secondary N) is 1. The van der Waals surface area contributed by atoms with E-state index in [-0.39, 0.29) is 5.97 Å². The molecule has 3 aromatic rings. The summed E-state index contributed by atoms with van der Waals surface area (Å²) in [7, 11) is 1.64. The Morgan fingerprint density at radius 1 is 1.09 bits per heavy atom. The number of esters is 1. The second-order valence-corrected chi connectivity index (χ2v) is 8.30. The summed E-state index contributed by atoms with van der Waals surface area (Å²) < 4.78 is 19.2. The molecule has 7 heteroatoms. The maximum absolute atomic E-state index is 13.3. The summed E-state index contributed by atoms with van der Waals surface area (Å²) in [5.74, 6) is 1.72. The van der Waals surface area contributed by atoms with Crippen molar-refractivity contribution in [1.82, 2.24) is 9.55 Å². The van der Waals surface area contributed by atoms with Gasteiger partial charge in [-0.15, -0.1) is 0 Å². The van der Waals surface area contributed by atoms with Gasteiger partial charge in [-0.2, -0.15) is 0 Å². The summed E-state index contributed by atoms with van der Waals surface area (Å²) >= 11 is 0. The summed E-state index contributed by atoms with van der Waals surface area (Å²) in [5, 5.41) is 3.43. The van der Waals surface area contributed by atoms with Gasteiger partial charge in [0.05, 0.1) is 43.0 Å². The van der Waals surface area contributed by atoms with Gasteiger partial charge in [-0.3, -0.25) is 4.57 Å². The molecule has 34 heavy (non-hydrogen) atoms. The molecule has 4 rings (SSSR count). The Labute approximate surface area is 200 Å². The highest BCUT2D eigenvalue weighted by Gasteiger charge is 2.36. The van der Waals surface area contributed by atoms with Crippen LogP contribution in [0.1, 0.15) is 58.1 Å². The zero-order valence-corrected chi connectivity index (χ0v) is 20.4. The number of unbranched alkanes of at least 4 members (excludes halogenated alkanes) is 1. The van der Waals surface area contributed by atoms with E-state index < -0.39 is 6.04 Å². The first-order valence-corrected chi connectivity index (χ1v) is 12.1. The number of carbonyl (C=O) groups excluding carboxylic acids is 1. The van der Waals surface area contributed by atoms with Gasteiger partial charge in [-0.1, -0.05) is 44.9 Å². The standard InChI is InChI=1S/C27H33N3O4/c1-5-8-16-34-22-15-14-18(17-23(22)32-4)25-24(26(31)33-7-3)20(11-6-2)29-27-28-19-12-9-10-13-21(19)30(25)27/h9-10,12-15,17,25H,5-8,11,16H2,1-4H3,(H,28,29). The first-order valence-electron chi connectivity index (χ1n) is 12.1. The molecule has 1 N–H and O–H groups in total. The monoisotopic (exact) mass is 463 g/mol. The lowest BCUT2D eigenvalue weighted by molar-refractivity contribution is -0.139. The highest BCUT2D eigenvalue weighted by molar-refractivity contribution is 5.94. The molecule has 0 saturated carbocycles. The molecule has 0 bridgehead atoms. The van der Waals surface area contributed by atoms with Crippen LogP contribution in [0.15, 0.2) is 53.7 Å². The van der Waals surface area contributed by atoms with Crippen LogP contribution in [0.2, 0.25) is 0 Å². The molecular weight excluding hydrogens is 430 g/mol. The number of carbonyl (C=O) groups is 1. The number of rotatable bonds is 10. The van der Waals surface area contributed by atoms with Crippen LogP contribution in [0.3, 0.4) is 0 Å². The normalized spacial score (nSPS) is 15.1. The summed E-state index contributed by atoms with van der Waals surface area (Å²) in [6.07, 6.45) is 3.62. The lowest BCUT2D eigenvalue weighted by atomic mass is 9.93. The van der Waals surface area contributed by atoms with Gasteiger partial charge in [0.1, 0.15) is 0 Å². The molecule has 0 fully saturated rings. The van der Waals surface area contributed by atoms with Crippen LogP contribution >= 0.6 is 0 Å². The van der Waals surface area contributed by atoms with Crippen LogP contribution < -0.4 is 14.8 Å². The van der Waals surface area contributed by atoms with Crippen molar-refractivity contribution in [3.05, 3.63) is 59.3 Å². The maximum Gasteiger partial charge on any atom is 0.338 e. The maximum atomic E-state index is 13.3. The molecule has 1 unspecified atom stereocenters. The molecule has 0 aliphatic carbocycles. The van der Waals surface area contributed by atoms with Crippen molar-refractivity contribution in [2.75, 3.05) is 25.6 Å². The van der Waals surface area contributed by atoms with Gasteiger partial charge >= 0.3 is 5.97 Å². The Kier molecular flexibility index (Phi) is 7.40. The third kappa shape index (κ3) is 4.47. The molecule has 2 heterocycles. The van der Waals surface area contributed by atoms with Crippen LogP contribution in [0.5, 0.6) is 11.5 Å². The largest absolute Gasteiger partial charge is 0.493 e. The van der Waals surface area contributed by atoms with Gasteiger partial charge in [0.25, 0.3) is 0 Å². The molecule has 1 aliphatic rings. The summed E-state index contributed by atoms with van der Waals surface area (Å²) in [5.41, 5.74) is 4.15. The van der Waals surface area contributed by atoms with E-state index in [2.05, 4.69) is 23.7 Å². The van der Waals surface area contributed by atoms with Crippen LogP contribution in [-0.4, -0.2) is 35.8 Å². The second kappa shape index (κ2) is 10.6. The van der Waals surface area contributed by atoms with Crippen LogP contribution in [0.4, 0.5) is 5.95 Å². The topological polar surface area (TPSA) is 74.6 Å². The summed E-state index contributed by atoms with van der Waals surface area (Å²) in [6, 6.07) is 13.4. The fourth-order valence-corrected chi connectivity index (χ4v) is 4.40. The molecular formula is C27H33N3O4. The summed E-state index contributed by atoms with van der Waals surface area (Å²) in [4.78, 5) is 18.1. The predicted molar refractivity (Wildman–Crippen MR) is 133 cm³/mol. The van der Waals surface area contributed by atoms with E-state index in [1.807, 2.05) is 49.4 Å². The number of nitrogens with zero attached hydrogens (tertiary/aromatic N) is 2. The SMILES string of the molecule is CCCCOc1ccc(C2C(C(=O)OCC)=C(CCC)Nc3nc4ccccc4n32)cc1OC. The van der Waals surface area contributed by atoms with Gasteiger partial charge in [-0.05, 0) is 49.6 Å². The molecule has 0 saturated heterocycles. The Morgan fingerprint density at radius 2 is 1.91 bits per heavy atom. The molecule has 180 valence electrons. The molecule has 2 aromatic carbocycles. The van der Waals surface area contributed by atoms with E-state index in [1.165, 1.54) is 0 Å².